The van der Waals surface area contributed by atoms with Crippen LogP contribution in [0, 0.1) is 12.8 Å². The van der Waals surface area contributed by atoms with Gasteiger partial charge in [-0.25, -0.2) is 9.97 Å². The maximum absolute atomic E-state index is 11.8. The molecule has 1 aromatic carbocycles. The Morgan fingerprint density at radius 1 is 1.29 bits per heavy atom. The number of hydrogen-bond acceptors (Lipinski definition) is 4. The van der Waals surface area contributed by atoms with Crippen LogP contribution in [-0.2, 0) is 4.79 Å². The minimum atomic E-state index is -0.0392. The molecule has 0 atom stereocenters. The van der Waals surface area contributed by atoms with Gasteiger partial charge in [-0.1, -0.05) is 26.0 Å². The molecule has 0 unspecified atom stereocenters. The van der Waals surface area contributed by atoms with Gasteiger partial charge < -0.3 is 11.1 Å². The number of amides is 1. The van der Waals surface area contributed by atoms with E-state index in [0.717, 1.165) is 11.3 Å². The molecule has 2 rings (SSSR count). The molecule has 0 saturated carbocycles. The molecule has 0 aliphatic carbocycles. The van der Waals surface area contributed by atoms with Crippen molar-refractivity contribution in [2.24, 2.45) is 5.92 Å². The molecule has 0 saturated heterocycles. The fourth-order valence-corrected chi connectivity index (χ4v) is 1.95. The summed E-state index contributed by atoms with van der Waals surface area (Å²) in [7, 11) is 0. The number of carbonyl (C=O) groups excluding carboxylic acids is 1. The first kappa shape index (κ1) is 15.0. The van der Waals surface area contributed by atoms with Crippen LogP contribution in [0.3, 0.4) is 0 Å². The SMILES string of the molecule is Cc1nc(-c2ccc(N)cc2)cnc1NC(=O)CC(C)C. The Morgan fingerprint density at radius 3 is 2.52 bits per heavy atom. The minimum Gasteiger partial charge on any atom is -0.399 e. The van der Waals surface area contributed by atoms with Crippen LogP contribution >= 0.6 is 0 Å². The van der Waals surface area contributed by atoms with Crippen molar-refractivity contribution in [3.05, 3.63) is 36.2 Å². The van der Waals surface area contributed by atoms with E-state index < -0.39 is 0 Å². The molecule has 1 amide bonds. The van der Waals surface area contributed by atoms with Gasteiger partial charge in [-0.15, -0.1) is 0 Å². The zero-order chi connectivity index (χ0) is 15.4. The number of nitrogens with two attached hydrogens (primary N) is 1. The van der Waals surface area contributed by atoms with Crippen LogP contribution in [0.25, 0.3) is 11.3 Å². The zero-order valence-corrected chi connectivity index (χ0v) is 12.6. The van der Waals surface area contributed by atoms with Gasteiger partial charge in [0.1, 0.15) is 0 Å². The number of carbonyl (C=O) groups is 1. The molecule has 21 heavy (non-hydrogen) atoms. The molecular formula is C16H20N4O. The van der Waals surface area contributed by atoms with Gasteiger partial charge >= 0.3 is 0 Å². The Kier molecular flexibility index (Phi) is 4.52. The van der Waals surface area contributed by atoms with E-state index in [1.165, 1.54) is 0 Å². The molecule has 110 valence electrons. The molecule has 0 spiro atoms. The van der Waals surface area contributed by atoms with E-state index in [0.29, 0.717) is 29.5 Å². The average Bonchev–Trinajstić information content (AvgIpc) is 2.41. The molecule has 0 bridgehead atoms. The second-order valence-corrected chi connectivity index (χ2v) is 5.46. The van der Waals surface area contributed by atoms with E-state index in [-0.39, 0.29) is 5.91 Å². The van der Waals surface area contributed by atoms with Gasteiger partial charge in [-0.3, -0.25) is 4.79 Å². The van der Waals surface area contributed by atoms with Crippen molar-refractivity contribution in [2.45, 2.75) is 27.2 Å². The summed E-state index contributed by atoms with van der Waals surface area (Å²) in [6.07, 6.45) is 2.13. The van der Waals surface area contributed by atoms with Crippen LogP contribution in [0.2, 0.25) is 0 Å². The number of nitrogen functional groups attached to an aromatic ring is 1. The predicted molar refractivity (Wildman–Crippen MR) is 84.7 cm³/mol. The summed E-state index contributed by atoms with van der Waals surface area (Å²) in [4.78, 5) is 20.6. The standard InChI is InChI=1S/C16H20N4O/c1-10(2)8-15(21)20-16-11(3)19-14(9-18-16)12-4-6-13(17)7-5-12/h4-7,9-10H,8,17H2,1-3H3,(H,18,20,21). The van der Waals surface area contributed by atoms with Crippen molar-refractivity contribution in [2.75, 3.05) is 11.1 Å². The summed E-state index contributed by atoms with van der Waals surface area (Å²) in [6, 6.07) is 7.45. The van der Waals surface area contributed by atoms with Crippen molar-refractivity contribution in [3.63, 3.8) is 0 Å². The molecule has 0 aliphatic heterocycles. The second kappa shape index (κ2) is 6.35. The van der Waals surface area contributed by atoms with Crippen LogP contribution < -0.4 is 11.1 Å². The van der Waals surface area contributed by atoms with E-state index in [1.54, 1.807) is 6.20 Å². The highest BCUT2D eigenvalue weighted by Gasteiger charge is 2.10. The Bertz CT molecular complexity index is 635. The Balaban J connectivity index is 2.17. The second-order valence-electron chi connectivity index (χ2n) is 5.46. The first-order chi connectivity index (χ1) is 9.95. The summed E-state index contributed by atoms with van der Waals surface area (Å²) in [5.74, 6) is 0.787. The lowest BCUT2D eigenvalue weighted by atomic mass is 10.1. The van der Waals surface area contributed by atoms with Crippen LogP contribution in [-0.4, -0.2) is 15.9 Å². The predicted octanol–water partition coefficient (Wildman–Crippen LogP) is 3.02. The van der Waals surface area contributed by atoms with Gasteiger partial charge in [0.05, 0.1) is 17.6 Å². The number of hydrogen-bond donors (Lipinski definition) is 2. The van der Waals surface area contributed by atoms with Crippen molar-refractivity contribution < 1.29 is 4.79 Å². The van der Waals surface area contributed by atoms with Crippen LogP contribution in [0.5, 0.6) is 0 Å². The van der Waals surface area contributed by atoms with Crippen LogP contribution in [0.1, 0.15) is 26.0 Å². The molecule has 0 fully saturated rings. The third-order valence-electron chi connectivity index (χ3n) is 3.00. The average molecular weight is 284 g/mol. The van der Waals surface area contributed by atoms with Crippen molar-refractivity contribution in [3.8, 4) is 11.3 Å². The minimum absolute atomic E-state index is 0.0392. The molecular weight excluding hydrogens is 264 g/mol. The molecule has 1 aromatic heterocycles. The lowest BCUT2D eigenvalue weighted by Gasteiger charge is -2.10. The Hall–Kier alpha value is -2.43. The third kappa shape index (κ3) is 4.02. The van der Waals surface area contributed by atoms with E-state index in [1.807, 2.05) is 45.0 Å². The highest BCUT2D eigenvalue weighted by atomic mass is 16.1. The topological polar surface area (TPSA) is 80.9 Å². The van der Waals surface area contributed by atoms with Crippen molar-refractivity contribution in [1.29, 1.82) is 0 Å². The highest BCUT2D eigenvalue weighted by molar-refractivity contribution is 5.90. The number of nitrogens with zero attached hydrogens (tertiary/aromatic N) is 2. The summed E-state index contributed by atoms with van der Waals surface area (Å²) in [6.45, 7) is 5.84. The maximum Gasteiger partial charge on any atom is 0.225 e. The van der Waals surface area contributed by atoms with Crippen LogP contribution in [0.15, 0.2) is 30.5 Å². The summed E-state index contributed by atoms with van der Waals surface area (Å²) in [5.41, 5.74) is 8.78. The van der Waals surface area contributed by atoms with Gasteiger partial charge in [0, 0.05) is 17.7 Å². The van der Waals surface area contributed by atoms with Crippen LogP contribution in [0.4, 0.5) is 11.5 Å². The van der Waals surface area contributed by atoms with Gasteiger partial charge in [-0.05, 0) is 25.0 Å². The molecule has 1 heterocycles. The Morgan fingerprint density at radius 2 is 1.95 bits per heavy atom. The number of benzene rings is 1. The number of rotatable bonds is 4. The fourth-order valence-electron chi connectivity index (χ4n) is 1.95. The highest BCUT2D eigenvalue weighted by Crippen LogP contribution is 2.20. The quantitative estimate of drug-likeness (QED) is 0.846. The molecule has 5 heteroatoms. The van der Waals surface area contributed by atoms with Crippen molar-refractivity contribution >= 4 is 17.4 Å². The van der Waals surface area contributed by atoms with Gasteiger partial charge in [0.15, 0.2) is 5.82 Å². The fraction of sp³-hybridized carbons (Fsp3) is 0.312. The monoisotopic (exact) mass is 284 g/mol. The lowest BCUT2D eigenvalue weighted by molar-refractivity contribution is -0.116. The molecule has 0 aliphatic rings. The first-order valence-corrected chi connectivity index (χ1v) is 6.95. The largest absolute Gasteiger partial charge is 0.399 e. The number of aromatic nitrogens is 2. The van der Waals surface area contributed by atoms with Gasteiger partial charge in [0.25, 0.3) is 0 Å². The molecule has 3 N–H and O–H groups in total. The van der Waals surface area contributed by atoms with E-state index in [4.69, 9.17) is 5.73 Å². The van der Waals surface area contributed by atoms with Gasteiger partial charge in [-0.2, -0.15) is 0 Å². The summed E-state index contributed by atoms with van der Waals surface area (Å²) < 4.78 is 0. The summed E-state index contributed by atoms with van der Waals surface area (Å²) >= 11 is 0. The third-order valence-corrected chi connectivity index (χ3v) is 3.00. The normalized spacial score (nSPS) is 10.7. The maximum atomic E-state index is 11.8. The Labute approximate surface area is 124 Å². The van der Waals surface area contributed by atoms with Crippen molar-refractivity contribution in [1.82, 2.24) is 9.97 Å². The zero-order valence-electron chi connectivity index (χ0n) is 12.6. The molecule has 5 nitrogen and oxygen atoms in total. The number of anilines is 2. The smallest absolute Gasteiger partial charge is 0.225 e. The number of nitrogens with one attached hydrogen (secondary N) is 1. The van der Waals surface area contributed by atoms with Gasteiger partial charge in [0.2, 0.25) is 5.91 Å². The summed E-state index contributed by atoms with van der Waals surface area (Å²) in [5, 5.41) is 2.80. The molecule has 0 radical (unpaired) electrons. The first-order valence-electron chi connectivity index (χ1n) is 6.95. The number of aryl methyl sites for hydroxylation is 1. The van der Waals surface area contributed by atoms with E-state index in [2.05, 4.69) is 15.3 Å². The lowest BCUT2D eigenvalue weighted by Crippen LogP contribution is -2.16. The van der Waals surface area contributed by atoms with E-state index >= 15 is 0 Å². The molecule has 2 aromatic rings. The van der Waals surface area contributed by atoms with E-state index in [9.17, 15) is 4.79 Å².